The summed E-state index contributed by atoms with van der Waals surface area (Å²) >= 11 is 5.92. The Kier molecular flexibility index (Phi) is 4.20. The highest BCUT2D eigenvalue weighted by Crippen LogP contribution is 2.26. The van der Waals surface area contributed by atoms with Crippen LogP contribution in [0.4, 0.5) is 0 Å². The molecule has 2 rings (SSSR count). The number of nitrogens with two attached hydrogens (primary N) is 1. The van der Waals surface area contributed by atoms with Crippen molar-refractivity contribution < 1.29 is 9.53 Å². The van der Waals surface area contributed by atoms with Gasteiger partial charge in [0.1, 0.15) is 5.75 Å². The Morgan fingerprint density at radius 2 is 1.89 bits per heavy atom. The zero-order valence-electron chi connectivity index (χ0n) is 10.5. The maximum Gasteiger partial charge on any atom is 0.187 e. The summed E-state index contributed by atoms with van der Waals surface area (Å²) in [6.45, 7) is 0. The second-order valence-corrected chi connectivity index (χ2v) is 4.53. The second kappa shape index (κ2) is 5.87. The number of halogens is 1. The molecule has 3 nitrogen and oxygen atoms in total. The molecule has 0 radical (unpaired) electrons. The van der Waals surface area contributed by atoms with E-state index in [2.05, 4.69) is 0 Å². The molecule has 1 unspecified atom stereocenters. The molecule has 0 aromatic heterocycles. The molecule has 19 heavy (non-hydrogen) atoms. The van der Waals surface area contributed by atoms with Gasteiger partial charge in [-0.3, -0.25) is 4.79 Å². The van der Waals surface area contributed by atoms with Gasteiger partial charge in [0, 0.05) is 5.02 Å². The number of ether oxygens (including phenoxy) is 1. The van der Waals surface area contributed by atoms with E-state index in [9.17, 15) is 4.79 Å². The van der Waals surface area contributed by atoms with E-state index in [-0.39, 0.29) is 5.78 Å². The lowest BCUT2D eigenvalue weighted by Gasteiger charge is -2.13. The van der Waals surface area contributed by atoms with Gasteiger partial charge in [0.15, 0.2) is 5.78 Å². The van der Waals surface area contributed by atoms with Gasteiger partial charge in [-0.1, -0.05) is 41.9 Å². The van der Waals surface area contributed by atoms with Crippen molar-refractivity contribution in [3.63, 3.8) is 0 Å². The lowest BCUT2D eigenvalue weighted by Crippen LogP contribution is -2.22. The first-order valence-corrected chi connectivity index (χ1v) is 6.19. The molecule has 0 heterocycles. The van der Waals surface area contributed by atoms with Crippen LogP contribution >= 0.6 is 11.6 Å². The van der Waals surface area contributed by atoms with Gasteiger partial charge in [0.05, 0.1) is 18.7 Å². The summed E-state index contributed by atoms with van der Waals surface area (Å²) in [5.74, 6) is 0.256. The van der Waals surface area contributed by atoms with Crippen LogP contribution in [0.3, 0.4) is 0 Å². The molecule has 0 saturated heterocycles. The minimum Gasteiger partial charge on any atom is -0.496 e. The van der Waals surface area contributed by atoms with E-state index in [0.29, 0.717) is 16.3 Å². The predicted molar refractivity (Wildman–Crippen MR) is 75.7 cm³/mol. The van der Waals surface area contributed by atoms with E-state index >= 15 is 0 Å². The van der Waals surface area contributed by atoms with Gasteiger partial charge in [-0.2, -0.15) is 0 Å². The Labute approximate surface area is 117 Å². The van der Waals surface area contributed by atoms with Gasteiger partial charge in [0.2, 0.25) is 0 Å². The van der Waals surface area contributed by atoms with Crippen LogP contribution in [-0.4, -0.2) is 12.9 Å². The fraction of sp³-hybridized carbons (Fsp3) is 0.133. The molecule has 0 aliphatic rings. The molecule has 2 aromatic rings. The van der Waals surface area contributed by atoms with Crippen LogP contribution in [0.5, 0.6) is 5.75 Å². The van der Waals surface area contributed by atoms with Crippen molar-refractivity contribution >= 4 is 17.4 Å². The van der Waals surface area contributed by atoms with Crippen molar-refractivity contribution in [2.45, 2.75) is 6.04 Å². The lowest BCUT2D eigenvalue weighted by molar-refractivity contribution is 0.0958. The molecule has 98 valence electrons. The number of carbonyl (C=O) groups is 1. The molecule has 0 amide bonds. The van der Waals surface area contributed by atoms with Crippen molar-refractivity contribution in [2.24, 2.45) is 5.73 Å². The summed E-state index contributed by atoms with van der Waals surface area (Å²) in [7, 11) is 1.51. The van der Waals surface area contributed by atoms with Gasteiger partial charge < -0.3 is 10.5 Å². The Morgan fingerprint density at radius 1 is 1.21 bits per heavy atom. The van der Waals surface area contributed by atoms with Crippen LogP contribution < -0.4 is 10.5 Å². The number of hydrogen-bond acceptors (Lipinski definition) is 3. The van der Waals surface area contributed by atoms with Crippen molar-refractivity contribution in [1.82, 2.24) is 0 Å². The third-order valence-electron chi connectivity index (χ3n) is 2.87. The molecule has 2 aromatic carbocycles. The van der Waals surface area contributed by atoms with Crippen LogP contribution in [0.15, 0.2) is 48.5 Å². The quantitative estimate of drug-likeness (QED) is 0.872. The SMILES string of the molecule is COc1ccc(Cl)cc1C(=O)C(N)c1ccccc1. The molecule has 0 aliphatic heterocycles. The summed E-state index contributed by atoms with van der Waals surface area (Å²) in [6.07, 6.45) is 0. The first-order chi connectivity index (χ1) is 9.13. The van der Waals surface area contributed by atoms with E-state index in [4.69, 9.17) is 22.1 Å². The summed E-state index contributed by atoms with van der Waals surface area (Å²) in [5, 5.41) is 0.476. The van der Waals surface area contributed by atoms with E-state index in [1.165, 1.54) is 7.11 Å². The topological polar surface area (TPSA) is 52.3 Å². The van der Waals surface area contributed by atoms with E-state index < -0.39 is 6.04 Å². The molecule has 0 bridgehead atoms. The number of carbonyl (C=O) groups excluding carboxylic acids is 1. The van der Waals surface area contributed by atoms with Crippen molar-refractivity contribution in [3.8, 4) is 5.75 Å². The standard InChI is InChI=1S/C15H14ClNO2/c1-19-13-8-7-11(16)9-12(13)15(18)14(17)10-5-3-2-4-6-10/h2-9,14H,17H2,1H3. The maximum absolute atomic E-state index is 12.4. The van der Waals surface area contributed by atoms with Gasteiger partial charge in [-0.15, -0.1) is 0 Å². The smallest absolute Gasteiger partial charge is 0.187 e. The maximum atomic E-state index is 12.4. The van der Waals surface area contributed by atoms with Gasteiger partial charge in [0.25, 0.3) is 0 Å². The van der Waals surface area contributed by atoms with E-state index in [1.807, 2.05) is 30.3 Å². The number of hydrogen-bond donors (Lipinski definition) is 1. The molecule has 2 N–H and O–H groups in total. The Morgan fingerprint density at radius 3 is 2.53 bits per heavy atom. The molecular formula is C15H14ClNO2. The Balaban J connectivity index is 2.37. The van der Waals surface area contributed by atoms with E-state index in [0.717, 1.165) is 5.56 Å². The summed E-state index contributed by atoms with van der Waals surface area (Å²) in [4.78, 5) is 12.4. The summed E-state index contributed by atoms with van der Waals surface area (Å²) in [6, 6.07) is 13.4. The van der Waals surface area contributed by atoms with Gasteiger partial charge in [-0.25, -0.2) is 0 Å². The number of benzene rings is 2. The monoisotopic (exact) mass is 275 g/mol. The van der Waals surface area contributed by atoms with Crippen LogP contribution in [0.1, 0.15) is 22.0 Å². The third-order valence-corrected chi connectivity index (χ3v) is 3.10. The van der Waals surface area contributed by atoms with Crippen LogP contribution in [0, 0.1) is 0 Å². The highest BCUT2D eigenvalue weighted by atomic mass is 35.5. The van der Waals surface area contributed by atoms with Crippen molar-refractivity contribution in [2.75, 3.05) is 7.11 Å². The number of Topliss-reactive ketones (excluding diaryl/α,β-unsaturated/α-hetero) is 1. The minimum absolute atomic E-state index is 0.217. The van der Waals surface area contributed by atoms with Gasteiger partial charge >= 0.3 is 0 Å². The summed E-state index contributed by atoms with van der Waals surface area (Å²) in [5.41, 5.74) is 7.15. The van der Waals surface area contributed by atoms with Crippen LogP contribution in [0.2, 0.25) is 5.02 Å². The minimum atomic E-state index is -0.728. The summed E-state index contributed by atoms with van der Waals surface area (Å²) < 4.78 is 5.17. The zero-order valence-corrected chi connectivity index (χ0v) is 11.2. The molecule has 0 fully saturated rings. The predicted octanol–water partition coefficient (Wildman–Crippen LogP) is 3.23. The Bertz CT molecular complexity index is 584. The normalized spacial score (nSPS) is 11.9. The fourth-order valence-corrected chi connectivity index (χ4v) is 2.02. The first kappa shape index (κ1) is 13.6. The first-order valence-electron chi connectivity index (χ1n) is 5.81. The zero-order chi connectivity index (χ0) is 13.8. The highest BCUT2D eigenvalue weighted by Gasteiger charge is 2.21. The average Bonchev–Trinajstić information content (AvgIpc) is 2.46. The largest absolute Gasteiger partial charge is 0.496 e. The van der Waals surface area contributed by atoms with Crippen LogP contribution in [0.25, 0.3) is 0 Å². The molecule has 0 spiro atoms. The van der Waals surface area contributed by atoms with Crippen LogP contribution in [-0.2, 0) is 0 Å². The molecule has 0 saturated carbocycles. The number of ketones is 1. The Hall–Kier alpha value is -1.84. The lowest BCUT2D eigenvalue weighted by atomic mass is 9.97. The average molecular weight is 276 g/mol. The molecule has 4 heteroatoms. The van der Waals surface area contributed by atoms with Gasteiger partial charge in [-0.05, 0) is 23.8 Å². The van der Waals surface area contributed by atoms with E-state index in [1.54, 1.807) is 18.2 Å². The molecule has 1 atom stereocenters. The molecule has 0 aliphatic carbocycles. The molecular weight excluding hydrogens is 262 g/mol. The second-order valence-electron chi connectivity index (χ2n) is 4.10. The fourth-order valence-electron chi connectivity index (χ4n) is 1.85. The highest BCUT2D eigenvalue weighted by molar-refractivity contribution is 6.31. The number of rotatable bonds is 4. The number of methoxy groups -OCH3 is 1. The van der Waals surface area contributed by atoms with Crippen molar-refractivity contribution in [1.29, 1.82) is 0 Å². The van der Waals surface area contributed by atoms with Crippen molar-refractivity contribution in [3.05, 3.63) is 64.7 Å². The third kappa shape index (κ3) is 2.95.